The first-order valence-electron chi connectivity index (χ1n) is 5.05. The van der Waals surface area contributed by atoms with Gasteiger partial charge in [-0.2, -0.15) is 0 Å². The minimum atomic E-state index is 0.126. The van der Waals surface area contributed by atoms with E-state index in [0.717, 1.165) is 15.4 Å². The van der Waals surface area contributed by atoms with Crippen LogP contribution in [-0.2, 0) is 0 Å². The Balaban J connectivity index is 3.22. The van der Waals surface area contributed by atoms with E-state index in [-0.39, 0.29) is 10.6 Å². The largest absolute Gasteiger partial charge is 0.384 e. The Labute approximate surface area is 106 Å². The maximum Gasteiger partial charge on any atom is 0.125 e. The van der Waals surface area contributed by atoms with Gasteiger partial charge in [-0.25, -0.2) is 0 Å². The maximum absolute atomic E-state index is 7.68. The van der Waals surface area contributed by atoms with Gasteiger partial charge < -0.3 is 5.73 Å². The zero-order chi connectivity index (χ0) is 12.3. The Kier molecular flexibility index (Phi) is 4.33. The molecule has 0 atom stereocenters. The summed E-state index contributed by atoms with van der Waals surface area (Å²) in [4.78, 5) is 2.16. The predicted molar refractivity (Wildman–Crippen MR) is 74.8 cm³/mol. The Morgan fingerprint density at radius 2 is 1.81 bits per heavy atom. The van der Waals surface area contributed by atoms with Crippen molar-refractivity contribution in [2.24, 2.45) is 5.73 Å². The summed E-state index contributed by atoms with van der Waals surface area (Å²) in [6.45, 7) is 6.48. The van der Waals surface area contributed by atoms with Crippen molar-refractivity contribution in [3.05, 3.63) is 23.8 Å². The van der Waals surface area contributed by atoms with E-state index in [1.54, 1.807) is 23.5 Å². The van der Waals surface area contributed by atoms with Gasteiger partial charge >= 0.3 is 0 Å². The van der Waals surface area contributed by atoms with Gasteiger partial charge in [0.2, 0.25) is 0 Å². The van der Waals surface area contributed by atoms with Gasteiger partial charge in [0.25, 0.3) is 0 Å². The number of nitrogen functional groups attached to an aromatic ring is 1. The van der Waals surface area contributed by atoms with Crippen LogP contribution in [-0.4, -0.2) is 16.8 Å². The van der Waals surface area contributed by atoms with Crippen LogP contribution in [0.5, 0.6) is 0 Å². The molecule has 3 N–H and O–H groups in total. The molecule has 0 bridgehead atoms. The average Bonchev–Trinajstić information content (AvgIpc) is 2.14. The second kappa shape index (κ2) is 5.15. The summed E-state index contributed by atoms with van der Waals surface area (Å²) in [6.07, 6.45) is 2.01. The molecule has 88 valence electrons. The minimum Gasteiger partial charge on any atom is -0.384 e. The molecule has 0 saturated carbocycles. The molecular formula is C12H18N2S2. The first-order chi connectivity index (χ1) is 7.35. The van der Waals surface area contributed by atoms with Gasteiger partial charge in [-0.1, -0.05) is 26.8 Å². The van der Waals surface area contributed by atoms with Crippen LogP contribution in [0.4, 0.5) is 0 Å². The second-order valence-corrected chi connectivity index (χ2v) is 7.18. The van der Waals surface area contributed by atoms with Crippen molar-refractivity contribution in [3.63, 3.8) is 0 Å². The third kappa shape index (κ3) is 3.46. The Hall–Kier alpha value is -0.610. The first kappa shape index (κ1) is 13.5. The van der Waals surface area contributed by atoms with Crippen molar-refractivity contribution in [1.29, 1.82) is 5.41 Å². The number of benzene rings is 1. The molecule has 0 heterocycles. The molecule has 0 aliphatic heterocycles. The normalized spacial score (nSPS) is 11.5. The van der Waals surface area contributed by atoms with E-state index >= 15 is 0 Å². The lowest BCUT2D eigenvalue weighted by molar-refractivity contribution is 0.802. The monoisotopic (exact) mass is 254 g/mol. The van der Waals surface area contributed by atoms with E-state index in [1.165, 1.54) is 0 Å². The number of hydrogen-bond donors (Lipinski definition) is 2. The van der Waals surface area contributed by atoms with E-state index < -0.39 is 0 Å². The van der Waals surface area contributed by atoms with Crippen LogP contribution in [0.15, 0.2) is 28.0 Å². The fraction of sp³-hybridized carbons (Fsp3) is 0.417. The Morgan fingerprint density at radius 1 is 1.25 bits per heavy atom. The fourth-order valence-corrected chi connectivity index (χ4v) is 3.19. The molecule has 2 nitrogen and oxygen atoms in total. The van der Waals surface area contributed by atoms with Crippen LogP contribution in [0, 0.1) is 5.41 Å². The highest BCUT2D eigenvalue weighted by molar-refractivity contribution is 8.01. The van der Waals surface area contributed by atoms with Crippen molar-refractivity contribution in [2.45, 2.75) is 35.3 Å². The third-order valence-corrected chi connectivity index (χ3v) is 3.85. The van der Waals surface area contributed by atoms with Gasteiger partial charge in [-0.05, 0) is 18.4 Å². The molecule has 0 amide bonds. The smallest absolute Gasteiger partial charge is 0.125 e. The molecule has 0 spiro atoms. The van der Waals surface area contributed by atoms with Gasteiger partial charge in [0.1, 0.15) is 5.84 Å². The van der Waals surface area contributed by atoms with Gasteiger partial charge in [0.15, 0.2) is 0 Å². The lowest BCUT2D eigenvalue weighted by Crippen LogP contribution is -2.16. The van der Waals surface area contributed by atoms with Gasteiger partial charge in [-0.3, -0.25) is 5.41 Å². The van der Waals surface area contributed by atoms with Crippen LogP contribution >= 0.6 is 23.5 Å². The SMILES string of the molecule is CSc1cccc(SC(C)(C)C)c1C(=N)N. The van der Waals surface area contributed by atoms with Gasteiger partial charge in [0, 0.05) is 20.1 Å². The summed E-state index contributed by atoms with van der Waals surface area (Å²) in [5, 5.41) is 7.68. The summed E-state index contributed by atoms with van der Waals surface area (Å²) < 4.78 is 0.126. The number of amidine groups is 1. The summed E-state index contributed by atoms with van der Waals surface area (Å²) in [7, 11) is 0. The molecule has 0 unspecified atom stereocenters. The molecule has 4 heteroatoms. The zero-order valence-corrected chi connectivity index (χ0v) is 11.8. The van der Waals surface area contributed by atoms with Crippen molar-refractivity contribution >= 4 is 29.4 Å². The Bertz CT molecular complexity index is 394. The van der Waals surface area contributed by atoms with E-state index in [9.17, 15) is 0 Å². The third-order valence-electron chi connectivity index (χ3n) is 1.89. The molecule has 1 aromatic rings. The quantitative estimate of drug-likeness (QED) is 0.492. The van der Waals surface area contributed by atoms with Crippen LogP contribution in [0.25, 0.3) is 0 Å². The molecule has 16 heavy (non-hydrogen) atoms. The van der Waals surface area contributed by atoms with Crippen LogP contribution in [0.1, 0.15) is 26.3 Å². The standard InChI is InChI=1S/C12H18N2S2/c1-12(2,3)16-9-7-5-6-8(15-4)10(9)11(13)14/h5-7H,1-4H3,(H3,13,14). The van der Waals surface area contributed by atoms with Crippen molar-refractivity contribution < 1.29 is 0 Å². The second-order valence-electron chi connectivity index (χ2n) is 4.46. The molecule has 0 fully saturated rings. The first-order valence-corrected chi connectivity index (χ1v) is 7.09. The number of rotatable bonds is 3. The molecule has 0 saturated heterocycles. The topological polar surface area (TPSA) is 49.9 Å². The van der Waals surface area contributed by atoms with E-state index in [4.69, 9.17) is 11.1 Å². The average molecular weight is 254 g/mol. The molecule has 1 rings (SSSR count). The highest BCUT2D eigenvalue weighted by Gasteiger charge is 2.17. The number of nitrogens with one attached hydrogen (secondary N) is 1. The summed E-state index contributed by atoms with van der Waals surface area (Å²) in [5.74, 6) is 0.150. The van der Waals surface area contributed by atoms with Gasteiger partial charge in [-0.15, -0.1) is 23.5 Å². The number of hydrogen-bond acceptors (Lipinski definition) is 3. The minimum absolute atomic E-state index is 0.126. The van der Waals surface area contributed by atoms with Crippen LogP contribution < -0.4 is 5.73 Å². The molecule has 1 aromatic carbocycles. The number of thioether (sulfide) groups is 2. The summed E-state index contributed by atoms with van der Waals surface area (Å²) in [5.41, 5.74) is 6.54. The molecule has 0 radical (unpaired) electrons. The number of nitrogens with two attached hydrogens (primary N) is 1. The molecule has 0 aliphatic rings. The fourth-order valence-electron chi connectivity index (χ4n) is 1.36. The lowest BCUT2D eigenvalue weighted by Gasteiger charge is -2.20. The molecule has 0 aromatic heterocycles. The highest BCUT2D eigenvalue weighted by Crippen LogP contribution is 2.37. The van der Waals surface area contributed by atoms with E-state index in [2.05, 4.69) is 20.8 Å². The van der Waals surface area contributed by atoms with Crippen LogP contribution in [0.3, 0.4) is 0 Å². The highest BCUT2D eigenvalue weighted by atomic mass is 32.2. The lowest BCUT2D eigenvalue weighted by atomic mass is 10.2. The predicted octanol–water partition coefficient (Wildman–Crippen LogP) is 3.58. The van der Waals surface area contributed by atoms with Crippen molar-refractivity contribution in [2.75, 3.05) is 6.26 Å². The van der Waals surface area contributed by atoms with Crippen molar-refractivity contribution in [3.8, 4) is 0 Å². The Morgan fingerprint density at radius 3 is 2.25 bits per heavy atom. The molecular weight excluding hydrogens is 236 g/mol. The summed E-state index contributed by atoms with van der Waals surface area (Å²) in [6, 6.07) is 6.06. The summed E-state index contributed by atoms with van der Waals surface area (Å²) >= 11 is 3.38. The van der Waals surface area contributed by atoms with Crippen molar-refractivity contribution in [1.82, 2.24) is 0 Å². The van der Waals surface area contributed by atoms with Gasteiger partial charge in [0.05, 0.1) is 0 Å². The van der Waals surface area contributed by atoms with E-state index in [0.29, 0.717) is 0 Å². The zero-order valence-electron chi connectivity index (χ0n) is 10.1. The van der Waals surface area contributed by atoms with E-state index in [1.807, 2.05) is 24.5 Å². The molecule has 0 aliphatic carbocycles. The van der Waals surface area contributed by atoms with Crippen LogP contribution in [0.2, 0.25) is 0 Å². The maximum atomic E-state index is 7.68.